The van der Waals surface area contributed by atoms with E-state index >= 15 is 0 Å². The number of benzene rings is 2. The lowest BCUT2D eigenvalue weighted by molar-refractivity contribution is -0.926. The van der Waals surface area contributed by atoms with Gasteiger partial charge in [-0.1, -0.05) is 30.3 Å². The molecule has 1 fully saturated rings. The molecule has 1 atom stereocenters. The molecule has 4 aromatic rings. The molecule has 30 heavy (non-hydrogen) atoms. The highest BCUT2D eigenvalue weighted by atomic mass is 19.1. The maximum atomic E-state index is 14.3. The normalized spacial score (nSPS) is 16.1. The molecule has 1 aliphatic rings. The van der Waals surface area contributed by atoms with Crippen molar-refractivity contribution < 1.29 is 9.29 Å². The number of piperazine rings is 1. The molecular formula is C25H26FN4+. The molecule has 2 aromatic carbocycles. The number of quaternary nitrogens is 1. The van der Waals surface area contributed by atoms with Crippen LogP contribution in [0.3, 0.4) is 0 Å². The second kappa shape index (κ2) is 7.92. The van der Waals surface area contributed by atoms with Gasteiger partial charge in [-0.05, 0) is 37.3 Å². The molecule has 1 saturated heterocycles. The van der Waals surface area contributed by atoms with Crippen molar-refractivity contribution in [3.05, 3.63) is 95.7 Å². The first-order valence-corrected chi connectivity index (χ1v) is 10.5. The SMILES string of the molecule is Cc1[nH]c2ccccc2c1[C@H](c1ccncc1)[NH+]1CCN(c2ccccc2F)CC1. The predicted octanol–water partition coefficient (Wildman–Crippen LogP) is 3.50. The number of nitrogens with one attached hydrogen (secondary N) is 2. The standard InChI is InChI=1S/C25H25FN4/c1-18-24(20-6-2-4-8-22(20)28-18)25(19-10-12-27-13-11-19)30-16-14-29(15-17-30)23-9-5-3-7-21(23)26/h2-13,25,28H,14-17H2,1H3/p+1/t25-/m0/s1. The average Bonchev–Trinajstić information content (AvgIpc) is 3.11. The van der Waals surface area contributed by atoms with E-state index in [9.17, 15) is 4.39 Å². The van der Waals surface area contributed by atoms with Gasteiger partial charge in [0.2, 0.25) is 0 Å². The van der Waals surface area contributed by atoms with E-state index in [1.54, 1.807) is 12.1 Å². The smallest absolute Gasteiger partial charge is 0.146 e. The minimum atomic E-state index is -0.140. The number of fused-ring (bicyclic) bond motifs is 1. The summed E-state index contributed by atoms with van der Waals surface area (Å²) in [5.74, 6) is -0.140. The van der Waals surface area contributed by atoms with E-state index < -0.39 is 0 Å². The number of pyridine rings is 1. The number of aromatic nitrogens is 2. The lowest BCUT2D eigenvalue weighted by Crippen LogP contribution is -3.15. The highest BCUT2D eigenvalue weighted by Gasteiger charge is 2.33. The molecule has 152 valence electrons. The van der Waals surface area contributed by atoms with Gasteiger partial charge in [-0.3, -0.25) is 4.98 Å². The maximum absolute atomic E-state index is 14.3. The van der Waals surface area contributed by atoms with E-state index in [1.807, 2.05) is 24.5 Å². The fourth-order valence-electron chi connectivity index (χ4n) is 4.86. The molecule has 3 heterocycles. The zero-order valence-corrected chi connectivity index (χ0v) is 17.1. The fraction of sp³-hybridized carbons (Fsp3) is 0.240. The largest absolute Gasteiger partial charge is 0.358 e. The third kappa shape index (κ3) is 3.35. The molecule has 5 rings (SSSR count). The Morgan fingerprint density at radius 1 is 0.967 bits per heavy atom. The number of aromatic amines is 1. The first-order valence-electron chi connectivity index (χ1n) is 10.5. The number of hydrogen-bond donors (Lipinski definition) is 2. The molecule has 0 bridgehead atoms. The summed E-state index contributed by atoms with van der Waals surface area (Å²) in [4.78, 5) is 11.5. The summed E-state index contributed by atoms with van der Waals surface area (Å²) in [6, 6.07) is 20.1. The van der Waals surface area contributed by atoms with Crippen LogP contribution in [0.1, 0.15) is 22.9 Å². The Balaban J connectivity index is 1.50. The molecule has 0 unspecified atom stereocenters. The second-order valence-corrected chi connectivity index (χ2v) is 8.02. The Morgan fingerprint density at radius 3 is 2.43 bits per heavy atom. The number of halogens is 1. The van der Waals surface area contributed by atoms with Crippen LogP contribution in [0, 0.1) is 12.7 Å². The molecule has 0 spiro atoms. The molecule has 5 heteroatoms. The van der Waals surface area contributed by atoms with Gasteiger partial charge >= 0.3 is 0 Å². The van der Waals surface area contributed by atoms with Gasteiger partial charge in [0.25, 0.3) is 0 Å². The summed E-state index contributed by atoms with van der Waals surface area (Å²) in [5.41, 5.74) is 5.72. The molecule has 0 aliphatic carbocycles. The first-order chi connectivity index (χ1) is 14.7. The fourth-order valence-corrected chi connectivity index (χ4v) is 4.86. The lowest BCUT2D eigenvalue weighted by atomic mass is 9.94. The molecule has 0 radical (unpaired) electrons. The van der Waals surface area contributed by atoms with Crippen molar-refractivity contribution in [2.24, 2.45) is 0 Å². The van der Waals surface area contributed by atoms with Gasteiger partial charge in [0, 0.05) is 40.1 Å². The van der Waals surface area contributed by atoms with Crippen LogP contribution in [0.5, 0.6) is 0 Å². The van der Waals surface area contributed by atoms with Crippen LogP contribution >= 0.6 is 0 Å². The quantitative estimate of drug-likeness (QED) is 0.549. The molecule has 0 amide bonds. The van der Waals surface area contributed by atoms with Gasteiger partial charge in [-0.2, -0.15) is 0 Å². The van der Waals surface area contributed by atoms with Crippen molar-refractivity contribution in [3.8, 4) is 0 Å². The van der Waals surface area contributed by atoms with Crippen LogP contribution in [0.25, 0.3) is 10.9 Å². The van der Waals surface area contributed by atoms with Crippen LogP contribution in [-0.2, 0) is 0 Å². The van der Waals surface area contributed by atoms with E-state index in [1.165, 1.54) is 32.6 Å². The molecule has 2 aromatic heterocycles. The minimum absolute atomic E-state index is 0.140. The highest BCUT2D eigenvalue weighted by Crippen LogP contribution is 2.30. The van der Waals surface area contributed by atoms with E-state index in [2.05, 4.69) is 58.2 Å². The molecule has 4 nitrogen and oxygen atoms in total. The highest BCUT2D eigenvalue weighted by molar-refractivity contribution is 5.85. The summed E-state index contributed by atoms with van der Waals surface area (Å²) in [6.07, 6.45) is 3.75. The lowest BCUT2D eigenvalue weighted by Gasteiger charge is -2.38. The molecule has 2 N–H and O–H groups in total. The zero-order valence-electron chi connectivity index (χ0n) is 17.1. The number of nitrogens with zero attached hydrogens (tertiary/aromatic N) is 2. The number of H-pyrrole nitrogens is 1. The van der Waals surface area contributed by atoms with Crippen LogP contribution in [0.15, 0.2) is 73.1 Å². The molecule has 0 saturated carbocycles. The van der Waals surface area contributed by atoms with Crippen LogP contribution in [0.4, 0.5) is 10.1 Å². The monoisotopic (exact) mass is 401 g/mol. The minimum Gasteiger partial charge on any atom is -0.358 e. The van der Waals surface area contributed by atoms with E-state index in [0.29, 0.717) is 5.69 Å². The van der Waals surface area contributed by atoms with E-state index in [-0.39, 0.29) is 11.9 Å². The van der Waals surface area contributed by atoms with Crippen molar-refractivity contribution in [1.29, 1.82) is 0 Å². The van der Waals surface area contributed by atoms with Crippen LogP contribution in [-0.4, -0.2) is 36.1 Å². The summed E-state index contributed by atoms with van der Waals surface area (Å²) < 4.78 is 14.3. The van der Waals surface area contributed by atoms with Gasteiger partial charge < -0.3 is 14.8 Å². The summed E-state index contributed by atoms with van der Waals surface area (Å²) >= 11 is 0. The molecular weight excluding hydrogens is 375 g/mol. The van der Waals surface area contributed by atoms with E-state index in [4.69, 9.17) is 0 Å². The van der Waals surface area contributed by atoms with Crippen molar-refractivity contribution in [2.45, 2.75) is 13.0 Å². The Labute approximate surface area is 176 Å². The van der Waals surface area contributed by atoms with Gasteiger partial charge in [0.05, 0.1) is 31.9 Å². The van der Waals surface area contributed by atoms with Crippen molar-refractivity contribution in [3.63, 3.8) is 0 Å². The number of aryl methyl sites for hydroxylation is 1. The van der Waals surface area contributed by atoms with Gasteiger partial charge in [-0.15, -0.1) is 0 Å². The van der Waals surface area contributed by atoms with Crippen molar-refractivity contribution in [2.75, 3.05) is 31.1 Å². The first kappa shape index (κ1) is 18.8. The van der Waals surface area contributed by atoms with Gasteiger partial charge in [0.15, 0.2) is 0 Å². The summed E-state index contributed by atoms with van der Waals surface area (Å²) in [6.45, 7) is 5.72. The number of rotatable bonds is 4. The Bertz CT molecular complexity index is 1150. The zero-order chi connectivity index (χ0) is 20.5. The summed E-state index contributed by atoms with van der Waals surface area (Å²) in [5, 5.41) is 1.28. The van der Waals surface area contributed by atoms with Crippen molar-refractivity contribution >= 4 is 16.6 Å². The van der Waals surface area contributed by atoms with Crippen LogP contribution in [0.2, 0.25) is 0 Å². The van der Waals surface area contributed by atoms with Crippen molar-refractivity contribution in [1.82, 2.24) is 9.97 Å². The summed E-state index contributed by atoms with van der Waals surface area (Å²) in [7, 11) is 0. The maximum Gasteiger partial charge on any atom is 0.146 e. The Hall–Kier alpha value is -3.18. The predicted molar refractivity (Wildman–Crippen MR) is 118 cm³/mol. The number of anilines is 1. The van der Waals surface area contributed by atoms with Gasteiger partial charge in [-0.25, -0.2) is 4.39 Å². The van der Waals surface area contributed by atoms with E-state index in [0.717, 1.165) is 26.2 Å². The third-order valence-electron chi connectivity index (χ3n) is 6.28. The Morgan fingerprint density at radius 2 is 1.67 bits per heavy atom. The molecule has 1 aliphatic heterocycles. The number of hydrogen-bond acceptors (Lipinski definition) is 2. The topological polar surface area (TPSA) is 36.4 Å². The average molecular weight is 402 g/mol. The third-order valence-corrected chi connectivity index (χ3v) is 6.28. The van der Waals surface area contributed by atoms with Crippen LogP contribution < -0.4 is 9.80 Å². The number of para-hydroxylation sites is 2. The second-order valence-electron chi connectivity index (χ2n) is 8.02. The Kier molecular flexibility index (Phi) is 4.97. The van der Waals surface area contributed by atoms with Gasteiger partial charge in [0.1, 0.15) is 11.9 Å².